The average molecular weight is 312 g/mol. The lowest BCUT2D eigenvalue weighted by Gasteiger charge is -2.30. The van der Waals surface area contributed by atoms with Crippen LogP contribution in [-0.2, 0) is 9.53 Å². The van der Waals surface area contributed by atoms with E-state index in [9.17, 15) is 18.4 Å². The summed E-state index contributed by atoms with van der Waals surface area (Å²) in [5.74, 6) is -2.14. The molecule has 0 aliphatic carbocycles. The van der Waals surface area contributed by atoms with Crippen LogP contribution in [0.2, 0.25) is 0 Å². The number of esters is 1. The number of likely N-dealkylation sites (tertiary alicyclic amines) is 1. The van der Waals surface area contributed by atoms with E-state index in [0.29, 0.717) is 32.5 Å². The second-order valence-electron chi connectivity index (χ2n) is 5.04. The minimum atomic E-state index is -0.824. The van der Waals surface area contributed by atoms with Gasteiger partial charge in [0.25, 0.3) is 0 Å². The first-order valence-corrected chi connectivity index (χ1v) is 7.19. The molecule has 1 fully saturated rings. The Morgan fingerprint density at radius 1 is 1.27 bits per heavy atom. The molecule has 22 heavy (non-hydrogen) atoms. The van der Waals surface area contributed by atoms with E-state index in [-0.39, 0.29) is 11.9 Å². The SMILES string of the molecule is CCOC(=O)C1CCN(C(=O)Nc2c(F)cccc2F)CC1. The van der Waals surface area contributed by atoms with Crippen LogP contribution in [0.15, 0.2) is 18.2 Å². The predicted octanol–water partition coefficient (Wildman–Crippen LogP) is 2.77. The Bertz CT molecular complexity index is 537. The van der Waals surface area contributed by atoms with E-state index in [1.54, 1.807) is 6.92 Å². The van der Waals surface area contributed by atoms with Crippen LogP contribution in [0.25, 0.3) is 0 Å². The molecule has 1 aromatic rings. The first-order valence-electron chi connectivity index (χ1n) is 7.19. The van der Waals surface area contributed by atoms with Crippen LogP contribution in [0.5, 0.6) is 0 Å². The molecule has 2 rings (SSSR count). The second kappa shape index (κ2) is 7.20. The van der Waals surface area contributed by atoms with Gasteiger partial charge in [-0.15, -0.1) is 0 Å². The van der Waals surface area contributed by atoms with Crippen molar-refractivity contribution < 1.29 is 23.1 Å². The number of piperidine rings is 1. The third kappa shape index (κ3) is 3.72. The molecular weight excluding hydrogens is 294 g/mol. The number of para-hydroxylation sites is 1. The maximum Gasteiger partial charge on any atom is 0.322 e. The third-order valence-electron chi connectivity index (χ3n) is 3.60. The molecule has 0 bridgehead atoms. The van der Waals surface area contributed by atoms with Crippen molar-refractivity contribution in [2.24, 2.45) is 5.92 Å². The van der Waals surface area contributed by atoms with E-state index in [4.69, 9.17) is 4.74 Å². The lowest BCUT2D eigenvalue weighted by atomic mass is 9.97. The molecular formula is C15H18F2N2O3. The van der Waals surface area contributed by atoms with Gasteiger partial charge in [0.15, 0.2) is 0 Å². The molecule has 1 aliphatic heterocycles. The summed E-state index contributed by atoms with van der Waals surface area (Å²) >= 11 is 0. The number of hydrogen-bond donors (Lipinski definition) is 1. The second-order valence-corrected chi connectivity index (χ2v) is 5.04. The summed E-state index contributed by atoms with van der Waals surface area (Å²) < 4.78 is 31.9. The molecule has 5 nitrogen and oxygen atoms in total. The summed E-state index contributed by atoms with van der Waals surface area (Å²) in [5, 5.41) is 2.24. The zero-order chi connectivity index (χ0) is 16.1. The zero-order valence-electron chi connectivity index (χ0n) is 12.3. The molecule has 0 radical (unpaired) electrons. The number of carbonyl (C=O) groups excluding carboxylic acids is 2. The maximum atomic E-state index is 13.5. The molecule has 0 aromatic heterocycles. The molecule has 1 aliphatic rings. The molecule has 120 valence electrons. The number of ether oxygens (including phenoxy) is 1. The van der Waals surface area contributed by atoms with Crippen molar-refractivity contribution in [3.8, 4) is 0 Å². The van der Waals surface area contributed by atoms with Gasteiger partial charge in [0.05, 0.1) is 12.5 Å². The number of amides is 2. The summed E-state index contributed by atoms with van der Waals surface area (Å²) in [5.41, 5.74) is -0.458. The molecule has 0 atom stereocenters. The summed E-state index contributed by atoms with van der Waals surface area (Å²) in [4.78, 5) is 25.1. The first-order chi connectivity index (χ1) is 10.5. The number of halogens is 2. The zero-order valence-corrected chi connectivity index (χ0v) is 12.3. The fourth-order valence-corrected chi connectivity index (χ4v) is 2.38. The number of rotatable bonds is 3. The van der Waals surface area contributed by atoms with E-state index >= 15 is 0 Å². The highest BCUT2D eigenvalue weighted by molar-refractivity contribution is 5.89. The molecule has 0 saturated carbocycles. The Morgan fingerprint density at radius 2 is 1.86 bits per heavy atom. The largest absolute Gasteiger partial charge is 0.466 e. The Kier molecular flexibility index (Phi) is 5.30. The van der Waals surface area contributed by atoms with Gasteiger partial charge in [-0.1, -0.05) is 6.07 Å². The van der Waals surface area contributed by atoms with Crippen molar-refractivity contribution >= 4 is 17.7 Å². The van der Waals surface area contributed by atoms with Crippen molar-refractivity contribution in [3.05, 3.63) is 29.8 Å². The van der Waals surface area contributed by atoms with E-state index in [2.05, 4.69) is 5.32 Å². The number of hydrogen-bond acceptors (Lipinski definition) is 3. The minimum Gasteiger partial charge on any atom is -0.466 e. The Morgan fingerprint density at radius 3 is 2.41 bits per heavy atom. The van der Waals surface area contributed by atoms with Crippen molar-refractivity contribution in [2.75, 3.05) is 25.0 Å². The minimum absolute atomic E-state index is 0.228. The number of benzene rings is 1. The van der Waals surface area contributed by atoms with Gasteiger partial charge in [-0.2, -0.15) is 0 Å². The summed E-state index contributed by atoms with van der Waals surface area (Å²) in [7, 11) is 0. The summed E-state index contributed by atoms with van der Waals surface area (Å²) in [6.07, 6.45) is 0.956. The van der Waals surface area contributed by atoms with Crippen molar-refractivity contribution in [1.82, 2.24) is 4.90 Å². The molecule has 1 aromatic carbocycles. The summed E-state index contributed by atoms with van der Waals surface area (Å²) in [6, 6.07) is 2.80. The normalized spacial score (nSPS) is 15.5. The van der Waals surface area contributed by atoms with E-state index in [0.717, 1.165) is 12.1 Å². The van der Waals surface area contributed by atoms with Crippen LogP contribution >= 0.6 is 0 Å². The number of nitrogens with zero attached hydrogens (tertiary/aromatic N) is 1. The predicted molar refractivity (Wildman–Crippen MR) is 76.3 cm³/mol. The highest BCUT2D eigenvalue weighted by Crippen LogP contribution is 2.22. The molecule has 1 saturated heterocycles. The van der Waals surface area contributed by atoms with Crippen molar-refractivity contribution in [3.63, 3.8) is 0 Å². The molecule has 2 amide bonds. The van der Waals surface area contributed by atoms with Crippen molar-refractivity contribution in [1.29, 1.82) is 0 Å². The van der Waals surface area contributed by atoms with E-state index < -0.39 is 23.4 Å². The highest BCUT2D eigenvalue weighted by Gasteiger charge is 2.28. The lowest BCUT2D eigenvalue weighted by molar-refractivity contribution is -0.149. The monoisotopic (exact) mass is 312 g/mol. The van der Waals surface area contributed by atoms with Crippen LogP contribution in [0, 0.1) is 17.6 Å². The van der Waals surface area contributed by atoms with Gasteiger partial charge in [0.2, 0.25) is 0 Å². The van der Waals surface area contributed by atoms with Gasteiger partial charge in [-0.3, -0.25) is 4.79 Å². The Hall–Kier alpha value is -2.18. The Labute approximate surface area is 127 Å². The van der Waals surface area contributed by atoms with Crippen LogP contribution in [0.3, 0.4) is 0 Å². The standard InChI is InChI=1S/C15H18F2N2O3/c1-2-22-14(20)10-6-8-19(9-7-10)15(21)18-13-11(16)4-3-5-12(13)17/h3-5,10H,2,6-9H2,1H3,(H,18,21). The van der Waals surface area contributed by atoms with Crippen LogP contribution < -0.4 is 5.32 Å². The van der Waals surface area contributed by atoms with Gasteiger partial charge in [0, 0.05) is 13.1 Å². The van der Waals surface area contributed by atoms with Crippen LogP contribution in [-0.4, -0.2) is 36.6 Å². The number of urea groups is 1. The van der Waals surface area contributed by atoms with Gasteiger partial charge in [-0.25, -0.2) is 13.6 Å². The third-order valence-corrected chi connectivity index (χ3v) is 3.60. The first kappa shape index (κ1) is 16.2. The molecule has 1 heterocycles. The molecule has 1 N–H and O–H groups in total. The van der Waals surface area contributed by atoms with E-state index in [1.165, 1.54) is 11.0 Å². The summed E-state index contributed by atoms with van der Waals surface area (Å²) in [6.45, 7) is 2.74. The smallest absolute Gasteiger partial charge is 0.322 e. The van der Waals surface area contributed by atoms with Gasteiger partial charge >= 0.3 is 12.0 Å². The van der Waals surface area contributed by atoms with Crippen LogP contribution in [0.1, 0.15) is 19.8 Å². The quantitative estimate of drug-likeness (QED) is 0.873. The molecule has 7 heteroatoms. The van der Waals surface area contributed by atoms with Gasteiger partial charge in [0.1, 0.15) is 17.3 Å². The van der Waals surface area contributed by atoms with E-state index in [1.807, 2.05) is 0 Å². The maximum absolute atomic E-state index is 13.5. The van der Waals surface area contributed by atoms with Crippen molar-refractivity contribution in [2.45, 2.75) is 19.8 Å². The molecule has 0 spiro atoms. The number of anilines is 1. The average Bonchev–Trinajstić information content (AvgIpc) is 2.51. The topological polar surface area (TPSA) is 58.6 Å². The van der Waals surface area contributed by atoms with Gasteiger partial charge < -0.3 is 15.0 Å². The number of nitrogens with one attached hydrogen (secondary N) is 1. The Balaban J connectivity index is 1.92. The number of carbonyl (C=O) groups is 2. The van der Waals surface area contributed by atoms with Crippen LogP contribution in [0.4, 0.5) is 19.3 Å². The molecule has 0 unspecified atom stereocenters. The van der Waals surface area contributed by atoms with Gasteiger partial charge in [-0.05, 0) is 31.9 Å². The fourth-order valence-electron chi connectivity index (χ4n) is 2.38. The highest BCUT2D eigenvalue weighted by atomic mass is 19.1. The fraction of sp³-hybridized carbons (Fsp3) is 0.467. The lowest BCUT2D eigenvalue weighted by Crippen LogP contribution is -2.43.